The number of nitrogens with zero attached hydrogens (tertiary/aromatic N) is 1. The van der Waals surface area contributed by atoms with E-state index in [2.05, 4.69) is 5.32 Å². The van der Waals surface area contributed by atoms with Crippen LogP contribution in [0.4, 0.5) is 0 Å². The molecule has 0 aromatic rings. The molecule has 0 radical (unpaired) electrons. The average molecular weight is 288 g/mol. The Hall–Kier alpha value is -0.900. The van der Waals surface area contributed by atoms with Crippen LogP contribution in [0.2, 0.25) is 0 Å². The topological polar surface area (TPSA) is 49.4 Å². The summed E-state index contributed by atoms with van der Waals surface area (Å²) >= 11 is 0. The highest BCUT2D eigenvalue weighted by Gasteiger charge is 2.54. The van der Waals surface area contributed by atoms with Crippen LogP contribution < -0.4 is 5.32 Å². The number of rotatable bonds is 3. The molecule has 6 rings (SSSR count). The lowest BCUT2D eigenvalue weighted by Crippen LogP contribution is -2.61. The first-order chi connectivity index (χ1) is 10.1. The average Bonchev–Trinajstić information content (AvgIpc) is 3.16. The van der Waals surface area contributed by atoms with Crippen LogP contribution in [0.25, 0.3) is 0 Å². The van der Waals surface area contributed by atoms with Gasteiger partial charge in [-0.05, 0) is 69.1 Å². The number of likely N-dealkylation sites (tertiary alicyclic amines) is 1. The summed E-state index contributed by atoms with van der Waals surface area (Å²) in [6, 6.07) is 0.00233. The van der Waals surface area contributed by atoms with Gasteiger partial charge in [-0.2, -0.15) is 0 Å². The fraction of sp³-hybridized carbons (Fsp3) is 0.882. The first-order valence-electron chi connectivity index (χ1n) is 8.75. The quantitative estimate of drug-likeness (QED) is 0.806. The first-order valence-corrected chi connectivity index (χ1v) is 8.75. The Morgan fingerprint density at radius 3 is 2.05 bits per heavy atom. The van der Waals surface area contributed by atoms with Gasteiger partial charge in [-0.15, -0.1) is 0 Å². The summed E-state index contributed by atoms with van der Waals surface area (Å²) in [6.07, 6.45) is 10.4. The molecule has 6 aliphatic rings. The normalized spacial score (nSPS) is 48.5. The second-order valence-electron chi connectivity index (χ2n) is 8.43. The van der Waals surface area contributed by atoms with E-state index in [-0.39, 0.29) is 29.4 Å². The van der Waals surface area contributed by atoms with Crippen molar-refractivity contribution < 1.29 is 9.59 Å². The highest BCUT2D eigenvalue weighted by atomic mass is 16.2. The van der Waals surface area contributed by atoms with Crippen molar-refractivity contribution in [3.63, 3.8) is 0 Å². The van der Waals surface area contributed by atoms with E-state index in [4.69, 9.17) is 0 Å². The van der Waals surface area contributed by atoms with Gasteiger partial charge in [0.15, 0.2) is 0 Å². The highest BCUT2D eigenvalue weighted by molar-refractivity contribution is 6.06. The van der Waals surface area contributed by atoms with E-state index < -0.39 is 0 Å². The number of imide groups is 1. The number of amides is 2. The zero-order valence-corrected chi connectivity index (χ0v) is 12.5. The third-order valence-corrected chi connectivity index (χ3v) is 6.61. The van der Waals surface area contributed by atoms with Crippen LogP contribution in [0.3, 0.4) is 0 Å². The van der Waals surface area contributed by atoms with Gasteiger partial charge in [0, 0.05) is 11.6 Å². The maximum absolute atomic E-state index is 12.6. The van der Waals surface area contributed by atoms with Crippen molar-refractivity contribution in [1.82, 2.24) is 10.2 Å². The Morgan fingerprint density at radius 2 is 1.52 bits per heavy atom. The van der Waals surface area contributed by atoms with Gasteiger partial charge in [0.25, 0.3) is 0 Å². The van der Waals surface area contributed by atoms with Crippen LogP contribution in [-0.4, -0.2) is 34.3 Å². The second kappa shape index (κ2) is 4.09. The molecular formula is C17H24N2O2. The van der Waals surface area contributed by atoms with Gasteiger partial charge in [-0.1, -0.05) is 0 Å². The summed E-state index contributed by atoms with van der Waals surface area (Å²) in [5.74, 6) is 2.74. The summed E-state index contributed by atoms with van der Waals surface area (Å²) in [7, 11) is 0. The molecule has 114 valence electrons. The van der Waals surface area contributed by atoms with Crippen molar-refractivity contribution in [2.45, 2.75) is 75.4 Å². The van der Waals surface area contributed by atoms with E-state index in [1.165, 1.54) is 38.5 Å². The highest BCUT2D eigenvalue weighted by Crippen LogP contribution is 2.56. The van der Waals surface area contributed by atoms with Gasteiger partial charge in [-0.3, -0.25) is 19.8 Å². The number of hydrogen-bond donors (Lipinski definition) is 1. The third-order valence-electron chi connectivity index (χ3n) is 6.61. The van der Waals surface area contributed by atoms with E-state index in [9.17, 15) is 9.59 Å². The summed E-state index contributed by atoms with van der Waals surface area (Å²) in [6.45, 7) is 0. The second-order valence-corrected chi connectivity index (χ2v) is 8.43. The number of nitrogens with one attached hydrogen (secondary N) is 1. The minimum Gasteiger partial charge on any atom is -0.300 e. The van der Waals surface area contributed by atoms with E-state index in [1.807, 2.05) is 0 Å². The molecule has 4 nitrogen and oxygen atoms in total. The molecule has 4 bridgehead atoms. The van der Waals surface area contributed by atoms with Crippen LogP contribution in [-0.2, 0) is 9.59 Å². The Morgan fingerprint density at radius 1 is 0.952 bits per heavy atom. The minimum atomic E-state index is -0.227. The van der Waals surface area contributed by atoms with Crippen molar-refractivity contribution in [2.24, 2.45) is 17.8 Å². The van der Waals surface area contributed by atoms with Crippen molar-refractivity contribution in [3.8, 4) is 0 Å². The Balaban J connectivity index is 1.36. The fourth-order valence-corrected chi connectivity index (χ4v) is 6.14. The minimum absolute atomic E-state index is 0.0599. The SMILES string of the molecule is O=C1CC(NC23CC4CC(CC(C4)C2)C3)C(=O)N1C1CC1. The molecular weight excluding hydrogens is 264 g/mol. The van der Waals surface area contributed by atoms with Gasteiger partial charge in [0.1, 0.15) is 0 Å². The molecule has 5 aliphatic carbocycles. The molecule has 0 aromatic carbocycles. The maximum Gasteiger partial charge on any atom is 0.247 e. The predicted molar refractivity (Wildman–Crippen MR) is 77.3 cm³/mol. The first kappa shape index (κ1) is 12.6. The Kier molecular flexibility index (Phi) is 2.46. The van der Waals surface area contributed by atoms with Crippen molar-refractivity contribution >= 4 is 11.8 Å². The molecule has 0 aromatic heterocycles. The molecule has 21 heavy (non-hydrogen) atoms. The van der Waals surface area contributed by atoms with E-state index in [0.717, 1.165) is 30.6 Å². The van der Waals surface area contributed by atoms with Gasteiger partial charge in [0.05, 0.1) is 12.5 Å². The van der Waals surface area contributed by atoms with Gasteiger partial charge in [-0.25, -0.2) is 0 Å². The van der Waals surface area contributed by atoms with Gasteiger partial charge >= 0.3 is 0 Å². The molecule has 1 aliphatic heterocycles. The van der Waals surface area contributed by atoms with Crippen molar-refractivity contribution in [1.29, 1.82) is 0 Å². The molecule has 0 spiro atoms. The molecule has 1 atom stereocenters. The number of hydrogen-bond acceptors (Lipinski definition) is 3. The molecule has 1 unspecified atom stereocenters. The van der Waals surface area contributed by atoms with Crippen LogP contribution in [0, 0.1) is 17.8 Å². The lowest BCUT2D eigenvalue weighted by Gasteiger charge is -2.57. The molecule has 1 N–H and O–H groups in total. The molecule has 1 heterocycles. The van der Waals surface area contributed by atoms with Gasteiger partial charge < -0.3 is 0 Å². The van der Waals surface area contributed by atoms with Crippen LogP contribution >= 0.6 is 0 Å². The molecule has 1 saturated heterocycles. The summed E-state index contributed by atoms with van der Waals surface area (Å²) < 4.78 is 0. The Labute approximate surface area is 125 Å². The predicted octanol–water partition coefficient (Wildman–Crippen LogP) is 1.83. The zero-order valence-electron chi connectivity index (χ0n) is 12.5. The summed E-state index contributed by atoms with van der Waals surface area (Å²) in [5, 5.41) is 3.70. The monoisotopic (exact) mass is 288 g/mol. The van der Waals surface area contributed by atoms with E-state index in [1.54, 1.807) is 4.90 Å². The molecule has 2 amide bonds. The van der Waals surface area contributed by atoms with Crippen LogP contribution in [0.5, 0.6) is 0 Å². The lowest BCUT2D eigenvalue weighted by atomic mass is 9.53. The lowest BCUT2D eigenvalue weighted by molar-refractivity contribution is -0.140. The maximum atomic E-state index is 12.6. The summed E-state index contributed by atoms with van der Waals surface area (Å²) in [5.41, 5.74) is 0.176. The summed E-state index contributed by atoms with van der Waals surface area (Å²) in [4.78, 5) is 26.3. The third kappa shape index (κ3) is 1.91. The molecule has 4 heteroatoms. The van der Waals surface area contributed by atoms with E-state index in [0.29, 0.717) is 6.42 Å². The number of carbonyl (C=O) groups is 2. The van der Waals surface area contributed by atoms with Crippen molar-refractivity contribution in [2.75, 3.05) is 0 Å². The largest absolute Gasteiger partial charge is 0.300 e. The van der Waals surface area contributed by atoms with E-state index >= 15 is 0 Å². The number of carbonyl (C=O) groups excluding carboxylic acids is 2. The smallest absolute Gasteiger partial charge is 0.247 e. The fourth-order valence-electron chi connectivity index (χ4n) is 6.14. The van der Waals surface area contributed by atoms with Crippen LogP contribution in [0.1, 0.15) is 57.8 Å². The zero-order chi connectivity index (χ0) is 14.2. The molecule has 5 saturated carbocycles. The standard InChI is InChI=1S/C17H24N2O2/c20-15-6-14(16(21)19(15)13-1-2-13)18-17-7-10-3-11(8-17)5-12(4-10)9-17/h10-14,18H,1-9H2. The Bertz CT molecular complexity index is 476. The van der Waals surface area contributed by atoms with Crippen molar-refractivity contribution in [3.05, 3.63) is 0 Å². The van der Waals surface area contributed by atoms with Gasteiger partial charge in [0.2, 0.25) is 11.8 Å². The van der Waals surface area contributed by atoms with Crippen LogP contribution in [0.15, 0.2) is 0 Å². The molecule has 6 fully saturated rings.